The number of nitro benzene ring substituents is 1. The lowest BCUT2D eigenvalue weighted by Crippen LogP contribution is -2.50. The third-order valence-electron chi connectivity index (χ3n) is 4.94. The molecular formula is C20H23N3O5S2. The molecule has 0 saturated carbocycles. The second-order valence-electron chi connectivity index (χ2n) is 7.10. The number of benzene rings is 2. The van der Waals surface area contributed by atoms with Gasteiger partial charge < -0.3 is 4.90 Å². The summed E-state index contributed by atoms with van der Waals surface area (Å²) >= 11 is 1.48. The van der Waals surface area contributed by atoms with E-state index in [1.165, 1.54) is 39.8 Å². The van der Waals surface area contributed by atoms with Gasteiger partial charge in [-0.15, -0.1) is 11.8 Å². The summed E-state index contributed by atoms with van der Waals surface area (Å²) in [5, 5.41) is 10.9. The highest BCUT2D eigenvalue weighted by atomic mass is 32.2. The number of nitro groups is 1. The number of sulfonamides is 1. The topological polar surface area (TPSA) is 101 Å². The Balaban J connectivity index is 1.59. The molecule has 2 aromatic rings. The van der Waals surface area contributed by atoms with Crippen molar-refractivity contribution in [2.45, 2.75) is 23.6 Å². The maximum atomic E-state index is 12.8. The SMILES string of the molecule is Cc1ccc(SCC(=O)N2CCN(S(=O)(=O)c3cccc([N+](=O)[O-])c3)CC2)c(C)c1. The predicted octanol–water partition coefficient (Wildman–Crippen LogP) is 2.84. The molecule has 0 aliphatic carbocycles. The second-order valence-corrected chi connectivity index (χ2v) is 10.1. The van der Waals surface area contributed by atoms with Gasteiger partial charge in [-0.2, -0.15) is 4.31 Å². The summed E-state index contributed by atoms with van der Waals surface area (Å²) in [6.07, 6.45) is 0. The van der Waals surface area contributed by atoms with Crippen LogP contribution in [-0.4, -0.2) is 60.4 Å². The Labute approximate surface area is 180 Å². The van der Waals surface area contributed by atoms with E-state index < -0.39 is 14.9 Å². The van der Waals surface area contributed by atoms with E-state index in [1.807, 2.05) is 26.0 Å². The zero-order valence-corrected chi connectivity index (χ0v) is 18.4. The molecule has 3 rings (SSSR count). The summed E-state index contributed by atoms with van der Waals surface area (Å²) in [4.78, 5) is 25.5. The van der Waals surface area contributed by atoms with Crippen molar-refractivity contribution in [3.05, 3.63) is 63.7 Å². The summed E-state index contributed by atoms with van der Waals surface area (Å²) in [7, 11) is -3.85. The van der Waals surface area contributed by atoms with Crippen molar-refractivity contribution < 1.29 is 18.1 Å². The van der Waals surface area contributed by atoms with Crippen LogP contribution in [-0.2, 0) is 14.8 Å². The number of carbonyl (C=O) groups is 1. The molecular weight excluding hydrogens is 426 g/mol. The molecule has 160 valence electrons. The van der Waals surface area contributed by atoms with E-state index in [0.717, 1.165) is 16.5 Å². The van der Waals surface area contributed by atoms with Crippen LogP contribution in [0.2, 0.25) is 0 Å². The van der Waals surface area contributed by atoms with Crippen LogP contribution in [0, 0.1) is 24.0 Å². The van der Waals surface area contributed by atoms with E-state index in [4.69, 9.17) is 0 Å². The van der Waals surface area contributed by atoms with Crippen LogP contribution in [0.25, 0.3) is 0 Å². The van der Waals surface area contributed by atoms with Gasteiger partial charge in [0.1, 0.15) is 0 Å². The van der Waals surface area contributed by atoms with E-state index in [0.29, 0.717) is 18.8 Å². The number of nitrogens with zero attached hydrogens (tertiary/aromatic N) is 3. The van der Waals surface area contributed by atoms with E-state index >= 15 is 0 Å². The molecule has 0 N–H and O–H groups in total. The van der Waals surface area contributed by atoms with Crippen molar-refractivity contribution in [3.63, 3.8) is 0 Å². The lowest BCUT2D eigenvalue weighted by molar-refractivity contribution is -0.385. The number of hydrogen-bond donors (Lipinski definition) is 0. The highest BCUT2D eigenvalue weighted by molar-refractivity contribution is 8.00. The van der Waals surface area contributed by atoms with Crippen molar-refractivity contribution in [2.75, 3.05) is 31.9 Å². The van der Waals surface area contributed by atoms with Gasteiger partial charge in [0.25, 0.3) is 5.69 Å². The Morgan fingerprint density at radius 3 is 2.43 bits per heavy atom. The Morgan fingerprint density at radius 1 is 1.10 bits per heavy atom. The van der Waals surface area contributed by atoms with Crippen molar-refractivity contribution in [2.24, 2.45) is 0 Å². The number of rotatable bonds is 6. The van der Waals surface area contributed by atoms with Gasteiger partial charge in [0, 0.05) is 43.2 Å². The smallest absolute Gasteiger partial charge is 0.270 e. The van der Waals surface area contributed by atoms with E-state index in [-0.39, 0.29) is 29.6 Å². The average molecular weight is 450 g/mol. The summed E-state index contributed by atoms with van der Waals surface area (Å²) < 4.78 is 26.9. The molecule has 0 bridgehead atoms. The number of amides is 1. The molecule has 1 heterocycles. The maximum absolute atomic E-state index is 12.8. The number of piperazine rings is 1. The van der Waals surface area contributed by atoms with Gasteiger partial charge in [-0.05, 0) is 31.5 Å². The van der Waals surface area contributed by atoms with Crippen molar-refractivity contribution in [1.29, 1.82) is 0 Å². The summed E-state index contributed by atoms with van der Waals surface area (Å²) in [5.41, 5.74) is 2.03. The summed E-state index contributed by atoms with van der Waals surface area (Å²) in [5.74, 6) is 0.258. The normalized spacial score (nSPS) is 15.2. The first-order chi connectivity index (χ1) is 14.2. The lowest BCUT2D eigenvalue weighted by atomic mass is 10.2. The van der Waals surface area contributed by atoms with Crippen LogP contribution in [0.15, 0.2) is 52.3 Å². The number of aryl methyl sites for hydroxylation is 2. The molecule has 8 nitrogen and oxygen atoms in total. The Hall–Kier alpha value is -2.43. The van der Waals surface area contributed by atoms with Gasteiger partial charge in [-0.3, -0.25) is 14.9 Å². The van der Waals surface area contributed by atoms with Crippen LogP contribution in [0.1, 0.15) is 11.1 Å². The van der Waals surface area contributed by atoms with Crippen molar-refractivity contribution in [1.82, 2.24) is 9.21 Å². The monoisotopic (exact) mass is 449 g/mol. The summed E-state index contributed by atoms with van der Waals surface area (Å²) in [6, 6.07) is 11.1. The second kappa shape index (κ2) is 9.15. The highest BCUT2D eigenvalue weighted by Crippen LogP contribution is 2.25. The molecule has 1 fully saturated rings. The van der Waals surface area contributed by atoms with Gasteiger partial charge >= 0.3 is 0 Å². The van der Waals surface area contributed by atoms with E-state index in [1.54, 1.807) is 4.90 Å². The minimum absolute atomic E-state index is 0.0348. The van der Waals surface area contributed by atoms with Gasteiger partial charge in [0.15, 0.2) is 0 Å². The molecule has 1 aliphatic rings. The number of thioether (sulfide) groups is 1. The Morgan fingerprint density at radius 2 is 1.80 bits per heavy atom. The Kier molecular flexibility index (Phi) is 6.79. The molecule has 0 radical (unpaired) electrons. The third-order valence-corrected chi connectivity index (χ3v) is 7.99. The molecule has 0 unspecified atom stereocenters. The van der Waals surface area contributed by atoms with Crippen LogP contribution in [0.4, 0.5) is 5.69 Å². The van der Waals surface area contributed by atoms with Crippen LogP contribution >= 0.6 is 11.8 Å². The van der Waals surface area contributed by atoms with Gasteiger partial charge in [-0.25, -0.2) is 8.42 Å². The minimum Gasteiger partial charge on any atom is -0.339 e. The fourth-order valence-corrected chi connectivity index (χ4v) is 5.65. The van der Waals surface area contributed by atoms with Gasteiger partial charge in [-0.1, -0.05) is 23.8 Å². The quantitative estimate of drug-likeness (QED) is 0.382. The number of non-ortho nitro benzene ring substituents is 1. The fourth-order valence-electron chi connectivity index (χ4n) is 3.28. The molecule has 1 aliphatic heterocycles. The first-order valence-corrected chi connectivity index (χ1v) is 11.8. The zero-order valence-electron chi connectivity index (χ0n) is 16.8. The fraction of sp³-hybridized carbons (Fsp3) is 0.350. The van der Waals surface area contributed by atoms with E-state index in [2.05, 4.69) is 6.07 Å². The minimum atomic E-state index is -3.85. The molecule has 0 spiro atoms. The first-order valence-electron chi connectivity index (χ1n) is 9.41. The molecule has 1 amide bonds. The highest BCUT2D eigenvalue weighted by Gasteiger charge is 2.30. The molecule has 10 heteroatoms. The maximum Gasteiger partial charge on any atom is 0.270 e. The van der Waals surface area contributed by atoms with Crippen molar-refractivity contribution in [3.8, 4) is 0 Å². The predicted molar refractivity (Wildman–Crippen MR) is 115 cm³/mol. The van der Waals surface area contributed by atoms with E-state index in [9.17, 15) is 23.3 Å². The van der Waals surface area contributed by atoms with Gasteiger partial charge in [0.2, 0.25) is 15.9 Å². The van der Waals surface area contributed by atoms with Crippen molar-refractivity contribution >= 4 is 33.4 Å². The lowest BCUT2D eigenvalue weighted by Gasteiger charge is -2.34. The largest absolute Gasteiger partial charge is 0.339 e. The Bertz CT molecular complexity index is 1060. The van der Waals surface area contributed by atoms with Crippen LogP contribution in [0.5, 0.6) is 0 Å². The summed E-state index contributed by atoms with van der Waals surface area (Å²) in [6.45, 7) is 4.93. The number of hydrogen-bond acceptors (Lipinski definition) is 6. The zero-order chi connectivity index (χ0) is 21.9. The molecule has 30 heavy (non-hydrogen) atoms. The molecule has 0 atom stereocenters. The third kappa shape index (κ3) is 5.00. The van der Waals surface area contributed by atoms with Crippen LogP contribution in [0.3, 0.4) is 0 Å². The molecule has 2 aromatic carbocycles. The standard InChI is InChI=1S/C20H23N3O5S2/c1-15-6-7-19(16(2)12-15)29-14-20(24)21-8-10-22(11-9-21)30(27,28)18-5-3-4-17(13-18)23(25)26/h3-7,12-13H,8-11,14H2,1-2H3. The molecule has 0 aromatic heterocycles. The van der Waals surface area contributed by atoms with Crippen LogP contribution < -0.4 is 0 Å². The first kappa shape index (κ1) is 22.3. The van der Waals surface area contributed by atoms with Gasteiger partial charge in [0.05, 0.1) is 15.6 Å². The molecule has 1 saturated heterocycles. The average Bonchev–Trinajstić information content (AvgIpc) is 2.73. The number of carbonyl (C=O) groups excluding carboxylic acids is 1.